The van der Waals surface area contributed by atoms with Crippen LogP contribution in [-0.4, -0.2) is 41.6 Å². The number of piperidine rings is 1. The van der Waals surface area contributed by atoms with Gasteiger partial charge in [-0.1, -0.05) is 36.8 Å². The van der Waals surface area contributed by atoms with Crippen molar-refractivity contribution in [1.82, 2.24) is 4.90 Å². The van der Waals surface area contributed by atoms with Crippen molar-refractivity contribution in [3.05, 3.63) is 47.5 Å². The van der Waals surface area contributed by atoms with Crippen LogP contribution in [0.15, 0.2) is 40.8 Å². The van der Waals surface area contributed by atoms with Crippen molar-refractivity contribution in [3.8, 4) is 17.1 Å². The summed E-state index contributed by atoms with van der Waals surface area (Å²) in [4.78, 5) is 27.1. The number of ether oxygens (including phenoxy) is 1. The van der Waals surface area contributed by atoms with Gasteiger partial charge in [0, 0.05) is 36.0 Å². The number of rotatable bonds is 6. The normalized spacial score (nSPS) is 14.4. The first kappa shape index (κ1) is 21.9. The number of phenolic OH excluding ortho intramolecular Hbond substituents is 1. The van der Waals surface area contributed by atoms with Crippen molar-refractivity contribution in [1.29, 1.82) is 0 Å². The predicted molar refractivity (Wildman–Crippen MR) is 123 cm³/mol. The molecule has 4 rings (SSSR count). The van der Waals surface area contributed by atoms with E-state index < -0.39 is 5.97 Å². The Bertz CT molecular complexity index is 1130. The first-order valence-corrected chi connectivity index (χ1v) is 11.0. The molecule has 32 heavy (non-hydrogen) atoms. The van der Waals surface area contributed by atoms with Gasteiger partial charge in [-0.25, -0.2) is 4.79 Å². The number of likely N-dealkylation sites (tertiary alicyclic amines) is 1. The molecule has 1 aliphatic rings. The Morgan fingerprint density at radius 3 is 2.53 bits per heavy atom. The van der Waals surface area contributed by atoms with Crippen LogP contribution >= 0.6 is 0 Å². The van der Waals surface area contributed by atoms with E-state index in [4.69, 9.17) is 9.15 Å². The number of benzene rings is 2. The lowest BCUT2D eigenvalue weighted by Gasteiger charge is -2.27. The van der Waals surface area contributed by atoms with Crippen LogP contribution < -0.4 is 5.32 Å². The van der Waals surface area contributed by atoms with E-state index in [0.29, 0.717) is 34.4 Å². The number of nitrogens with one attached hydrogen (secondary N) is 1. The number of carbonyl (C=O) groups is 2. The summed E-state index contributed by atoms with van der Waals surface area (Å²) >= 11 is 0. The van der Waals surface area contributed by atoms with Crippen molar-refractivity contribution in [2.24, 2.45) is 0 Å². The van der Waals surface area contributed by atoms with E-state index >= 15 is 0 Å². The average molecular weight is 437 g/mol. The second-order valence-electron chi connectivity index (χ2n) is 8.04. The van der Waals surface area contributed by atoms with Crippen molar-refractivity contribution in [2.75, 3.05) is 25.0 Å². The molecule has 7 nitrogen and oxygen atoms in total. The monoisotopic (exact) mass is 436 g/mol. The van der Waals surface area contributed by atoms with Crippen molar-refractivity contribution >= 4 is 28.5 Å². The molecule has 0 saturated carbocycles. The van der Waals surface area contributed by atoms with Gasteiger partial charge >= 0.3 is 5.97 Å². The number of furan rings is 1. The van der Waals surface area contributed by atoms with Gasteiger partial charge in [-0.15, -0.1) is 0 Å². The van der Waals surface area contributed by atoms with E-state index in [1.165, 1.54) is 13.3 Å². The number of anilines is 1. The highest BCUT2D eigenvalue weighted by Gasteiger charge is 2.29. The number of fused-ring (bicyclic) bond motifs is 1. The van der Waals surface area contributed by atoms with Gasteiger partial charge < -0.3 is 19.6 Å². The third kappa shape index (κ3) is 4.34. The molecule has 7 heteroatoms. The third-order valence-corrected chi connectivity index (χ3v) is 5.71. The maximum atomic E-state index is 13.1. The fraction of sp³-hybridized carbons (Fsp3) is 0.360. The van der Waals surface area contributed by atoms with Crippen LogP contribution in [0.1, 0.15) is 49.0 Å². The second-order valence-corrected chi connectivity index (χ2v) is 8.04. The van der Waals surface area contributed by atoms with Crippen LogP contribution in [0.3, 0.4) is 0 Å². The van der Waals surface area contributed by atoms with Crippen LogP contribution in [0.4, 0.5) is 5.69 Å². The summed E-state index contributed by atoms with van der Waals surface area (Å²) in [5, 5.41) is 14.4. The summed E-state index contributed by atoms with van der Waals surface area (Å²) in [7, 11) is 0. The molecule has 1 amide bonds. The lowest BCUT2D eigenvalue weighted by Crippen LogP contribution is -2.29. The largest absolute Gasteiger partial charge is 0.505 e. The molecule has 0 unspecified atom stereocenters. The highest BCUT2D eigenvalue weighted by molar-refractivity contribution is 6.12. The van der Waals surface area contributed by atoms with E-state index in [1.807, 2.05) is 30.3 Å². The molecule has 2 aromatic carbocycles. The van der Waals surface area contributed by atoms with Gasteiger partial charge in [0.15, 0.2) is 0 Å². The molecule has 1 saturated heterocycles. The van der Waals surface area contributed by atoms with Gasteiger partial charge in [0.25, 0.3) is 0 Å². The van der Waals surface area contributed by atoms with E-state index in [1.54, 1.807) is 13.0 Å². The van der Waals surface area contributed by atoms with Crippen LogP contribution in [-0.2, 0) is 16.1 Å². The van der Waals surface area contributed by atoms with Crippen LogP contribution in [0, 0.1) is 0 Å². The fourth-order valence-electron chi connectivity index (χ4n) is 4.30. The molecule has 168 valence electrons. The van der Waals surface area contributed by atoms with Gasteiger partial charge in [-0.2, -0.15) is 0 Å². The van der Waals surface area contributed by atoms with Gasteiger partial charge in [-0.05, 0) is 32.9 Å². The fourth-order valence-corrected chi connectivity index (χ4v) is 4.30. The average Bonchev–Trinajstić information content (AvgIpc) is 3.17. The zero-order valence-electron chi connectivity index (χ0n) is 18.4. The van der Waals surface area contributed by atoms with E-state index in [9.17, 15) is 14.7 Å². The third-order valence-electron chi connectivity index (χ3n) is 5.71. The van der Waals surface area contributed by atoms with Gasteiger partial charge in [0.05, 0.1) is 12.3 Å². The maximum absolute atomic E-state index is 13.1. The number of hydrogen-bond donors (Lipinski definition) is 2. The molecule has 2 heterocycles. The van der Waals surface area contributed by atoms with Crippen LogP contribution in [0.25, 0.3) is 22.3 Å². The minimum Gasteiger partial charge on any atom is -0.505 e. The van der Waals surface area contributed by atoms with E-state index in [-0.39, 0.29) is 24.0 Å². The van der Waals surface area contributed by atoms with Crippen molar-refractivity contribution in [3.63, 3.8) is 0 Å². The van der Waals surface area contributed by atoms with Gasteiger partial charge in [0.2, 0.25) is 5.91 Å². The minimum absolute atomic E-state index is 0.0516. The summed E-state index contributed by atoms with van der Waals surface area (Å²) in [6.45, 7) is 5.61. The Labute approximate surface area is 187 Å². The summed E-state index contributed by atoms with van der Waals surface area (Å²) in [6, 6.07) is 10.9. The molecule has 1 aliphatic heterocycles. The second kappa shape index (κ2) is 9.44. The standard InChI is InChI=1S/C25H28N2O5/c1-3-31-25(30)22-21-18(15-27-12-8-5-9-13-27)23(29)19(26-16(2)28)14-20(21)32-24(22)17-10-6-4-7-11-17/h4,6-7,10-11,14,29H,3,5,8-9,12-13,15H2,1-2H3,(H,26,28). The molecule has 0 atom stereocenters. The molecule has 0 spiro atoms. The topological polar surface area (TPSA) is 92.0 Å². The smallest absolute Gasteiger partial charge is 0.342 e. The number of esters is 1. The summed E-state index contributed by atoms with van der Waals surface area (Å²) in [6.07, 6.45) is 3.35. The van der Waals surface area contributed by atoms with E-state index in [0.717, 1.165) is 31.5 Å². The molecule has 0 bridgehead atoms. The predicted octanol–water partition coefficient (Wildman–Crippen LogP) is 4.93. The lowest BCUT2D eigenvalue weighted by atomic mass is 9.99. The number of phenols is 1. The first-order valence-electron chi connectivity index (χ1n) is 11.0. The Balaban J connectivity index is 1.97. The molecular formula is C25H28N2O5. The van der Waals surface area contributed by atoms with Crippen LogP contribution in [0.2, 0.25) is 0 Å². The molecule has 1 aromatic heterocycles. The summed E-state index contributed by atoms with van der Waals surface area (Å²) < 4.78 is 11.6. The minimum atomic E-state index is -0.503. The zero-order chi connectivity index (χ0) is 22.7. The molecule has 1 fully saturated rings. The quantitative estimate of drug-likeness (QED) is 0.421. The van der Waals surface area contributed by atoms with Crippen molar-refractivity contribution < 1.29 is 23.8 Å². The number of nitrogens with zero attached hydrogens (tertiary/aromatic N) is 1. The van der Waals surface area contributed by atoms with E-state index in [2.05, 4.69) is 10.2 Å². The molecule has 3 aromatic rings. The maximum Gasteiger partial charge on any atom is 0.342 e. The molecular weight excluding hydrogens is 408 g/mol. The summed E-state index contributed by atoms with van der Waals surface area (Å²) in [5.74, 6) is -0.469. The number of aromatic hydroxyl groups is 1. The highest BCUT2D eigenvalue weighted by atomic mass is 16.5. The Morgan fingerprint density at radius 2 is 1.88 bits per heavy atom. The Morgan fingerprint density at radius 1 is 1.16 bits per heavy atom. The summed E-state index contributed by atoms with van der Waals surface area (Å²) in [5.41, 5.74) is 2.27. The Hall–Kier alpha value is -3.32. The first-order chi connectivity index (χ1) is 15.5. The lowest BCUT2D eigenvalue weighted by molar-refractivity contribution is -0.114. The van der Waals surface area contributed by atoms with Crippen molar-refractivity contribution in [2.45, 2.75) is 39.7 Å². The number of carbonyl (C=O) groups excluding carboxylic acids is 2. The highest BCUT2D eigenvalue weighted by Crippen LogP contribution is 2.43. The molecule has 2 N–H and O–H groups in total. The van der Waals surface area contributed by atoms with Gasteiger partial charge in [0.1, 0.15) is 22.7 Å². The SMILES string of the molecule is CCOC(=O)c1c(-c2ccccc2)oc2cc(NC(C)=O)c(O)c(CN3CCCCC3)c12. The number of hydrogen-bond acceptors (Lipinski definition) is 6. The number of amides is 1. The van der Waals surface area contributed by atoms with Gasteiger partial charge in [-0.3, -0.25) is 9.69 Å². The molecule has 0 radical (unpaired) electrons. The zero-order valence-corrected chi connectivity index (χ0v) is 18.4. The Kier molecular flexibility index (Phi) is 6.46. The molecule has 0 aliphatic carbocycles. The van der Waals surface area contributed by atoms with Crippen LogP contribution in [0.5, 0.6) is 5.75 Å².